The first kappa shape index (κ1) is 18.5. The van der Waals surface area contributed by atoms with Crippen LogP contribution < -0.4 is 10.2 Å². The number of nitrogens with one attached hydrogen (secondary N) is 1. The minimum absolute atomic E-state index is 0.0358. The van der Waals surface area contributed by atoms with E-state index in [1.807, 2.05) is 4.90 Å². The molecule has 2 saturated heterocycles. The molecule has 3 aliphatic heterocycles. The van der Waals surface area contributed by atoms with Gasteiger partial charge in [-0.25, -0.2) is 0 Å². The molecular formula is C18H18N4O5S. The highest BCUT2D eigenvalue weighted by atomic mass is 32.1. The Kier molecular flexibility index (Phi) is 4.39. The van der Waals surface area contributed by atoms with E-state index in [9.17, 15) is 19.7 Å². The van der Waals surface area contributed by atoms with Gasteiger partial charge in [0.25, 0.3) is 5.69 Å². The van der Waals surface area contributed by atoms with E-state index in [4.69, 9.17) is 17.0 Å². The minimum Gasteiger partial charge on any atom is -0.377 e. The molecule has 0 aliphatic carbocycles. The Morgan fingerprint density at radius 3 is 2.96 bits per heavy atom. The summed E-state index contributed by atoms with van der Waals surface area (Å²) >= 11 is 5.17. The fraction of sp³-hybridized carbons (Fsp3) is 0.389. The van der Waals surface area contributed by atoms with Crippen molar-refractivity contribution in [3.8, 4) is 0 Å². The Bertz CT molecular complexity index is 919. The molecule has 1 spiro atoms. The predicted molar refractivity (Wildman–Crippen MR) is 104 cm³/mol. The first-order chi connectivity index (χ1) is 13.4. The van der Waals surface area contributed by atoms with Gasteiger partial charge in [-0.05, 0) is 23.8 Å². The minimum atomic E-state index is -1.48. The molecule has 10 heteroatoms. The van der Waals surface area contributed by atoms with Crippen LogP contribution in [0.1, 0.15) is 5.56 Å². The van der Waals surface area contributed by atoms with E-state index < -0.39 is 28.2 Å². The molecule has 28 heavy (non-hydrogen) atoms. The van der Waals surface area contributed by atoms with E-state index in [2.05, 4.69) is 11.9 Å². The number of benzene rings is 1. The number of non-ortho nitro benzene ring substituents is 1. The lowest BCUT2D eigenvalue weighted by atomic mass is 9.68. The van der Waals surface area contributed by atoms with Crippen LogP contribution in [0.4, 0.5) is 11.4 Å². The Morgan fingerprint density at radius 1 is 1.46 bits per heavy atom. The molecule has 2 atom stereocenters. The number of thiocarbonyl (C=S) groups is 1. The van der Waals surface area contributed by atoms with Crippen molar-refractivity contribution < 1.29 is 19.2 Å². The SMILES string of the molecule is C=CCN1C(=O)[C@@]2(Cc3cc([N+](=O)[O-])ccc3N3CCOC[C@H]32)C(=O)NC1=S. The normalized spacial score (nSPS) is 26.6. The average Bonchev–Trinajstić information content (AvgIpc) is 2.69. The topological polar surface area (TPSA) is 105 Å². The molecule has 1 aromatic carbocycles. The highest BCUT2D eigenvalue weighted by Crippen LogP contribution is 2.46. The van der Waals surface area contributed by atoms with Gasteiger partial charge < -0.3 is 15.0 Å². The van der Waals surface area contributed by atoms with Crippen molar-refractivity contribution in [1.82, 2.24) is 10.2 Å². The summed E-state index contributed by atoms with van der Waals surface area (Å²) in [6, 6.07) is 4.02. The lowest BCUT2D eigenvalue weighted by Crippen LogP contribution is -2.73. The van der Waals surface area contributed by atoms with Gasteiger partial charge in [0.15, 0.2) is 10.5 Å². The van der Waals surface area contributed by atoms with Crippen LogP contribution in [0, 0.1) is 15.5 Å². The third-order valence-corrected chi connectivity index (χ3v) is 5.88. The molecular weight excluding hydrogens is 384 g/mol. The van der Waals surface area contributed by atoms with Gasteiger partial charge in [0.1, 0.15) is 0 Å². The van der Waals surface area contributed by atoms with Crippen molar-refractivity contribution in [2.75, 3.05) is 31.2 Å². The standard InChI is InChI=1S/C18H18N4O5S/c1-2-5-21-16(24)18(15(23)19-17(21)28)9-11-8-12(22(25)26)3-4-13(11)20-6-7-27-10-14(18)20/h2-4,8,14H,1,5-7,9-10H2,(H,19,23,28)/t14-,18+/m0/s1. The Balaban J connectivity index is 1.88. The van der Waals surface area contributed by atoms with Crippen LogP contribution in [0.25, 0.3) is 0 Å². The second kappa shape index (κ2) is 6.64. The molecule has 146 valence electrons. The predicted octanol–water partition coefficient (Wildman–Crippen LogP) is 0.772. The van der Waals surface area contributed by atoms with Gasteiger partial charge in [-0.2, -0.15) is 0 Å². The molecule has 9 nitrogen and oxygen atoms in total. The number of carbonyl (C=O) groups excluding carboxylic acids is 2. The average molecular weight is 402 g/mol. The van der Waals surface area contributed by atoms with Crippen molar-refractivity contribution in [2.24, 2.45) is 5.41 Å². The molecule has 2 amide bonds. The van der Waals surface area contributed by atoms with Crippen molar-refractivity contribution in [2.45, 2.75) is 12.5 Å². The molecule has 0 saturated carbocycles. The maximum Gasteiger partial charge on any atom is 0.269 e. The molecule has 0 bridgehead atoms. The summed E-state index contributed by atoms with van der Waals surface area (Å²) in [5.41, 5.74) is -0.188. The third kappa shape index (κ3) is 2.52. The maximum absolute atomic E-state index is 13.5. The van der Waals surface area contributed by atoms with Gasteiger partial charge in [0, 0.05) is 37.3 Å². The molecule has 4 rings (SSSR count). The largest absolute Gasteiger partial charge is 0.377 e. The van der Waals surface area contributed by atoms with Gasteiger partial charge in [0.05, 0.1) is 24.2 Å². The van der Waals surface area contributed by atoms with Crippen LogP contribution >= 0.6 is 12.2 Å². The van der Waals surface area contributed by atoms with Gasteiger partial charge in [0.2, 0.25) is 11.8 Å². The number of anilines is 1. The number of rotatable bonds is 3. The zero-order valence-corrected chi connectivity index (χ0v) is 15.7. The summed E-state index contributed by atoms with van der Waals surface area (Å²) in [5.74, 6) is -0.931. The molecule has 0 aromatic heterocycles. The maximum atomic E-state index is 13.5. The number of nitrogens with zero attached hydrogens (tertiary/aromatic N) is 3. The van der Waals surface area contributed by atoms with Crippen LogP contribution in [0.3, 0.4) is 0 Å². The summed E-state index contributed by atoms with van der Waals surface area (Å²) in [6.07, 6.45) is 1.57. The van der Waals surface area contributed by atoms with Crippen LogP contribution in [0.2, 0.25) is 0 Å². The number of amides is 2. The van der Waals surface area contributed by atoms with Crippen molar-refractivity contribution >= 4 is 40.5 Å². The quantitative estimate of drug-likeness (QED) is 0.262. The van der Waals surface area contributed by atoms with Crippen molar-refractivity contribution in [3.63, 3.8) is 0 Å². The summed E-state index contributed by atoms with van der Waals surface area (Å²) in [6.45, 7) is 4.92. The van der Waals surface area contributed by atoms with Gasteiger partial charge in [-0.15, -0.1) is 6.58 Å². The van der Waals surface area contributed by atoms with Gasteiger partial charge in [-0.1, -0.05) is 6.08 Å². The highest BCUT2D eigenvalue weighted by molar-refractivity contribution is 7.80. The Labute approximate surface area is 166 Å². The smallest absolute Gasteiger partial charge is 0.269 e. The number of nitro benzene ring substituents is 1. The number of morpholine rings is 1. The molecule has 0 radical (unpaired) electrons. The number of nitro groups is 1. The van der Waals surface area contributed by atoms with E-state index in [1.165, 1.54) is 23.1 Å². The Morgan fingerprint density at radius 2 is 2.25 bits per heavy atom. The summed E-state index contributed by atoms with van der Waals surface area (Å²) < 4.78 is 5.61. The van der Waals surface area contributed by atoms with E-state index >= 15 is 0 Å². The molecule has 3 heterocycles. The fourth-order valence-corrected chi connectivity index (χ4v) is 4.53. The summed E-state index contributed by atoms with van der Waals surface area (Å²) in [5, 5.41) is 13.9. The molecule has 2 fully saturated rings. The Hall–Kier alpha value is -2.85. The van der Waals surface area contributed by atoms with Crippen LogP contribution in [0.15, 0.2) is 30.9 Å². The van der Waals surface area contributed by atoms with Crippen molar-refractivity contribution in [1.29, 1.82) is 0 Å². The number of carbonyl (C=O) groups is 2. The van der Waals surface area contributed by atoms with E-state index in [0.717, 1.165) is 5.69 Å². The zero-order chi connectivity index (χ0) is 20.1. The van der Waals surface area contributed by atoms with E-state index in [1.54, 1.807) is 6.07 Å². The van der Waals surface area contributed by atoms with Crippen LogP contribution in [0.5, 0.6) is 0 Å². The first-order valence-corrected chi connectivity index (χ1v) is 9.21. The number of hydrogen-bond donors (Lipinski definition) is 1. The number of ether oxygens (including phenoxy) is 1. The lowest BCUT2D eigenvalue weighted by Gasteiger charge is -2.53. The molecule has 3 aliphatic rings. The summed E-state index contributed by atoms with van der Waals surface area (Å²) in [7, 11) is 0. The van der Waals surface area contributed by atoms with E-state index in [-0.39, 0.29) is 30.4 Å². The van der Waals surface area contributed by atoms with E-state index in [0.29, 0.717) is 18.7 Å². The molecule has 1 aromatic rings. The lowest BCUT2D eigenvalue weighted by molar-refractivity contribution is -0.384. The fourth-order valence-electron chi connectivity index (χ4n) is 4.28. The third-order valence-electron chi connectivity index (χ3n) is 5.56. The molecule has 0 unspecified atom stereocenters. The number of hydrogen-bond acceptors (Lipinski definition) is 7. The first-order valence-electron chi connectivity index (χ1n) is 8.80. The van der Waals surface area contributed by atoms with Crippen molar-refractivity contribution in [3.05, 3.63) is 46.5 Å². The van der Waals surface area contributed by atoms with Crippen LogP contribution in [-0.4, -0.2) is 59.1 Å². The van der Waals surface area contributed by atoms with Gasteiger partial charge in [-0.3, -0.25) is 24.6 Å². The molecule has 1 N–H and O–H groups in total. The monoisotopic (exact) mass is 402 g/mol. The highest BCUT2D eigenvalue weighted by Gasteiger charge is 2.61. The zero-order valence-electron chi connectivity index (χ0n) is 14.9. The summed E-state index contributed by atoms with van der Waals surface area (Å²) in [4.78, 5) is 40.7. The second-order valence-corrected chi connectivity index (χ2v) is 7.35. The number of fused-ring (bicyclic) bond motifs is 4. The van der Waals surface area contributed by atoms with Gasteiger partial charge >= 0.3 is 0 Å². The second-order valence-electron chi connectivity index (χ2n) is 6.97. The van der Waals surface area contributed by atoms with Crippen LogP contribution in [-0.2, 0) is 20.7 Å².